The fourth-order valence-electron chi connectivity index (χ4n) is 0.705. The van der Waals surface area contributed by atoms with E-state index in [1.165, 1.54) is 6.92 Å². The van der Waals surface area contributed by atoms with E-state index < -0.39 is 6.23 Å². The molecule has 0 saturated heterocycles. The molecule has 0 rings (SSSR count). The van der Waals surface area contributed by atoms with Gasteiger partial charge in [0.1, 0.15) is 6.23 Å². The zero-order chi connectivity index (χ0) is 9.56. The highest BCUT2D eigenvalue weighted by Crippen LogP contribution is 1.83. The maximum atomic E-state index is 11.1. The maximum absolute atomic E-state index is 11.1. The Labute approximate surface area is 90.3 Å². The Balaban J connectivity index is 0. The molecule has 6 heteroatoms. The number of amides is 1. The van der Waals surface area contributed by atoms with Crippen molar-refractivity contribution in [3.05, 3.63) is 0 Å². The van der Waals surface area contributed by atoms with Gasteiger partial charge in [-0.1, -0.05) is 0 Å². The summed E-state index contributed by atoms with van der Waals surface area (Å²) in [6.07, 6.45) is -0.794. The maximum Gasteiger partial charge on any atom is 0.238 e. The molecule has 0 aromatic carbocycles. The summed E-state index contributed by atoms with van der Waals surface area (Å²) >= 11 is 3.99. The first kappa shape index (κ1) is 15.5. The average molecular weight is 229 g/mol. The van der Waals surface area contributed by atoms with E-state index in [4.69, 9.17) is 5.11 Å². The number of aliphatic hydroxyl groups is 1. The van der Waals surface area contributed by atoms with Crippen molar-refractivity contribution in [3.8, 4) is 0 Å². The Morgan fingerprint density at radius 3 is 2.46 bits per heavy atom. The summed E-state index contributed by atoms with van der Waals surface area (Å²) in [5.41, 5.74) is 0. The third-order valence-electron chi connectivity index (χ3n) is 1.31. The third kappa shape index (κ3) is 8.36. The van der Waals surface area contributed by atoms with Gasteiger partial charge in [0.05, 0.1) is 6.04 Å². The van der Waals surface area contributed by atoms with Gasteiger partial charge in [-0.05, 0) is 13.8 Å². The van der Waals surface area contributed by atoms with Crippen molar-refractivity contribution in [3.63, 3.8) is 0 Å². The number of nitrogens with one attached hydrogen (secondary N) is 2. The molecule has 0 heterocycles. The summed E-state index contributed by atoms with van der Waals surface area (Å²) in [4.78, 5) is 11.1. The molecule has 0 radical (unpaired) electrons. The van der Waals surface area contributed by atoms with Gasteiger partial charge in [-0.15, -0.1) is 12.4 Å². The van der Waals surface area contributed by atoms with Crippen molar-refractivity contribution in [1.29, 1.82) is 0 Å². The SMILES string of the molecule is CC(O)NC(=O)C(C)NCCS.Cl. The Kier molecular flexibility index (Phi) is 10.3. The van der Waals surface area contributed by atoms with Crippen LogP contribution in [0.3, 0.4) is 0 Å². The van der Waals surface area contributed by atoms with Gasteiger partial charge in [-0.2, -0.15) is 12.6 Å². The van der Waals surface area contributed by atoms with Crippen molar-refractivity contribution in [2.45, 2.75) is 26.1 Å². The van der Waals surface area contributed by atoms with Crippen molar-refractivity contribution in [1.82, 2.24) is 10.6 Å². The Hall–Kier alpha value is 0.0300. The molecule has 0 aliphatic rings. The molecule has 0 aromatic heterocycles. The van der Waals surface area contributed by atoms with E-state index in [2.05, 4.69) is 23.3 Å². The first-order chi connectivity index (χ1) is 5.57. The largest absolute Gasteiger partial charge is 0.374 e. The van der Waals surface area contributed by atoms with E-state index in [9.17, 15) is 4.79 Å². The first-order valence-corrected chi connectivity index (χ1v) is 4.54. The Morgan fingerprint density at radius 2 is 2.08 bits per heavy atom. The number of carbonyl (C=O) groups is 1. The molecule has 2 atom stereocenters. The highest BCUT2D eigenvalue weighted by atomic mass is 35.5. The van der Waals surface area contributed by atoms with Gasteiger partial charge in [-0.25, -0.2) is 0 Å². The second-order valence-corrected chi connectivity index (χ2v) is 3.03. The number of aliphatic hydroxyl groups excluding tert-OH is 1. The Bertz CT molecular complexity index is 146. The fourth-order valence-corrected chi connectivity index (χ4v) is 0.834. The minimum atomic E-state index is -0.794. The van der Waals surface area contributed by atoms with Crippen molar-refractivity contribution < 1.29 is 9.90 Å². The van der Waals surface area contributed by atoms with Crippen LogP contribution in [0, 0.1) is 0 Å². The predicted molar refractivity (Wildman–Crippen MR) is 58.4 cm³/mol. The van der Waals surface area contributed by atoms with E-state index in [0.29, 0.717) is 12.3 Å². The lowest BCUT2D eigenvalue weighted by Gasteiger charge is -2.14. The molecule has 0 fully saturated rings. The fraction of sp³-hybridized carbons (Fsp3) is 0.857. The van der Waals surface area contributed by atoms with Gasteiger partial charge >= 0.3 is 0 Å². The van der Waals surface area contributed by atoms with E-state index in [1.807, 2.05) is 0 Å². The molecule has 1 amide bonds. The molecule has 13 heavy (non-hydrogen) atoms. The highest BCUT2D eigenvalue weighted by molar-refractivity contribution is 7.80. The zero-order valence-corrected chi connectivity index (χ0v) is 9.49. The normalized spacial score (nSPS) is 14.2. The number of halogens is 1. The highest BCUT2D eigenvalue weighted by Gasteiger charge is 2.11. The number of hydrogen-bond donors (Lipinski definition) is 4. The lowest BCUT2D eigenvalue weighted by atomic mass is 10.3. The van der Waals surface area contributed by atoms with Crippen LogP contribution in [0.25, 0.3) is 0 Å². The van der Waals surface area contributed by atoms with Gasteiger partial charge in [0.15, 0.2) is 0 Å². The Morgan fingerprint density at radius 1 is 1.54 bits per heavy atom. The monoisotopic (exact) mass is 228 g/mol. The summed E-state index contributed by atoms with van der Waals surface area (Å²) in [6.45, 7) is 3.92. The minimum Gasteiger partial charge on any atom is -0.374 e. The van der Waals surface area contributed by atoms with Crippen LogP contribution in [-0.4, -0.2) is 35.6 Å². The predicted octanol–water partition coefficient (Wildman–Crippen LogP) is -0.229. The number of hydrogen-bond acceptors (Lipinski definition) is 4. The molecule has 0 aliphatic heterocycles. The molecule has 0 spiro atoms. The smallest absolute Gasteiger partial charge is 0.238 e. The van der Waals surface area contributed by atoms with Crippen LogP contribution in [0.1, 0.15) is 13.8 Å². The number of thiol groups is 1. The number of carbonyl (C=O) groups excluding carboxylic acids is 1. The number of rotatable bonds is 5. The van der Waals surface area contributed by atoms with Gasteiger partial charge in [0.2, 0.25) is 5.91 Å². The van der Waals surface area contributed by atoms with Crippen molar-refractivity contribution in [2.75, 3.05) is 12.3 Å². The van der Waals surface area contributed by atoms with E-state index in [-0.39, 0.29) is 24.4 Å². The zero-order valence-electron chi connectivity index (χ0n) is 7.78. The van der Waals surface area contributed by atoms with Crippen LogP contribution >= 0.6 is 25.0 Å². The van der Waals surface area contributed by atoms with Crippen LogP contribution in [0.15, 0.2) is 0 Å². The van der Waals surface area contributed by atoms with Crippen molar-refractivity contribution in [2.24, 2.45) is 0 Å². The second-order valence-electron chi connectivity index (χ2n) is 2.58. The van der Waals surface area contributed by atoms with Gasteiger partial charge in [0.25, 0.3) is 0 Å². The standard InChI is InChI=1S/C7H16N2O2S.ClH/c1-5(8-3-4-12)7(11)9-6(2)10;/h5-6,8,10,12H,3-4H2,1-2H3,(H,9,11);1H. The molecule has 0 saturated carbocycles. The summed E-state index contributed by atoms with van der Waals surface area (Å²) in [7, 11) is 0. The van der Waals surface area contributed by atoms with Gasteiger partial charge in [-0.3, -0.25) is 4.79 Å². The lowest BCUT2D eigenvalue weighted by molar-refractivity contribution is -0.125. The van der Waals surface area contributed by atoms with Gasteiger partial charge < -0.3 is 15.7 Å². The summed E-state index contributed by atoms with van der Waals surface area (Å²) in [6, 6.07) is -0.285. The van der Waals surface area contributed by atoms with E-state index >= 15 is 0 Å². The third-order valence-corrected chi connectivity index (χ3v) is 1.53. The average Bonchev–Trinajstić information content (AvgIpc) is 1.98. The topological polar surface area (TPSA) is 61.4 Å². The quantitative estimate of drug-likeness (QED) is 0.389. The molecular formula is C7H17ClN2O2S. The first-order valence-electron chi connectivity index (χ1n) is 3.90. The molecule has 80 valence electrons. The van der Waals surface area contributed by atoms with E-state index in [1.54, 1.807) is 6.92 Å². The lowest BCUT2D eigenvalue weighted by Crippen LogP contribution is -2.45. The molecule has 2 unspecified atom stereocenters. The molecule has 0 bridgehead atoms. The van der Waals surface area contributed by atoms with E-state index in [0.717, 1.165) is 0 Å². The van der Waals surface area contributed by atoms with Gasteiger partial charge in [0, 0.05) is 12.3 Å². The summed E-state index contributed by atoms with van der Waals surface area (Å²) in [5, 5.41) is 14.1. The molecular weight excluding hydrogens is 212 g/mol. The molecule has 0 aliphatic carbocycles. The molecule has 3 N–H and O–H groups in total. The van der Waals surface area contributed by atoms with Crippen LogP contribution in [-0.2, 0) is 4.79 Å². The molecule has 0 aromatic rings. The van der Waals surface area contributed by atoms with Crippen LogP contribution in [0.5, 0.6) is 0 Å². The summed E-state index contributed by atoms with van der Waals surface area (Å²) in [5.74, 6) is 0.485. The summed E-state index contributed by atoms with van der Waals surface area (Å²) < 4.78 is 0. The van der Waals surface area contributed by atoms with Crippen LogP contribution in [0.4, 0.5) is 0 Å². The van der Waals surface area contributed by atoms with Crippen LogP contribution < -0.4 is 10.6 Å². The van der Waals surface area contributed by atoms with Crippen molar-refractivity contribution >= 4 is 30.9 Å². The minimum absolute atomic E-state index is 0. The van der Waals surface area contributed by atoms with Crippen LogP contribution in [0.2, 0.25) is 0 Å². The second kappa shape index (κ2) is 8.62. The molecule has 4 nitrogen and oxygen atoms in total.